The number of nitriles is 2. The summed E-state index contributed by atoms with van der Waals surface area (Å²) in [6.07, 6.45) is 7.88. The van der Waals surface area contributed by atoms with Crippen LogP contribution in [0, 0.1) is 58.2 Å². The van der Waals surface area contributed by atoms with E-state index in [1.54, 1.807) is 0 Å². The third kappa shape index (κ3) is 1.52. The fourth-order valence-electron chi connectivity index (χ4n) is 4.83. The highest BCUT2D eigenvalue weighted by molar-refractivity contribution is 5.04. The molecule has 4 fully saturated rings. The molecule has 0 aromatic rings. The van der Waals surface area contributed by atoms with E-state index in [2.05, 4.69) is 12.1 Å². The van der Waals surface area contributed by atoms with Crippen LogP contribution in [0.25, 0.3) is 0 Å². The highest BCUT2D eigenvalue weighted by atomic mass is 14.5. The van der Waals surface area contributed by atoms with Gasteiger partial charge in [0.1, 0.15) is 5.92 Å². The zero-order valence-electron chi connectivity index (χ0n) is 9.60. The summed E-state index contributed by atoms with van der Waals surface area (Å²) in [5, 5.41) is 17.8. The molecule has 4 saturated carbocycles. The van der Waals surface area contributed by atoms with Crippen LogP contribution in [0.2, 0.25) is 0 Å². The Morgan fingerprint density at radius 1 is 0.875 bits per heavy atom. The minimum absolute atomic E-state index is 0.359. The normalized spacial score (nSPS) is 44.3. The van der Waals surface area contributed by atoms with Crippen molar-refractivity contribution >= 4 is 0 Å². The molecule has 0 spiro atoms. The average Bonchev–Trinajstić information content (AvgIpc) is 2.28. The van der Waals surface area contributed by atoms with Crippen molar-refractivity contribution in [2.45, 2.75) is 38.5 Å². The molecule has 4 bridgehead atoms. The molecule has 2 heteroatoms. The van der Waals surface area contributed by atoms with Crippen molar-refractivity contribution in [2.75, 3.05) is 0 Å². The van der Waals surface area contributed by atoms with Gasteiger partial charge in [-0.2, -0.15) is 10.5 Å². The van der Waals surface area contributed by atoms with E-state index in [1.807, 2.05) is 0 Å². The molecule has 0 saturated heterocycles. The highest BCUT2D eigenvalue weighted by Gasteiger charge is 2.48. The lowest BCUT2D eigenvalue weighted by Crippen LogP contribution is -2.45. The van der Waals surface area contributed by atoms with E-state index in [1.165, 1.54) is 32.1 Å². The van der Waals surface area contributed by atoms with Gasteiger partial charge in [0.05, 0.1) is 12.1 Å². The molecule has 0 unspecified atom stereocenters. The molecule has 0 heterocycles. The number of rotatable bonds is 2. The Hall–Kier alpha value is -1.02. The van der Waals surface area contributed by atoms with Crippen molar-refractivity contribution in [1.82, 2.24) is 0 Å². The largest absolute Gasteiger partial charge is 0.197 e. The summed E-state index contributed by atoms with van der Waals surface area (Å²) >= 11 is 0. The van der Waals surface area contributed by atoms with Crippen LogP contribution in [0.5, 0.6) is 0 Å². The Labute approximate surface area is 97.3 Å². The van der Waals surface area contributed by atoms with Gasteiger partial charge in [-0.3, -0.25) is 0 Å². The van der Waals surface area contributed by atoms with E-state index >= 15 is 0 Å². The van der Waals surface area contributed by atoms with Crippen molar-refractivity contribution in [3.05, 3.63) is 0 Å². The molecule has 0 atom stereocenters. The summed E-state index contributed by atoms with van der Waals surface area (Å²) in [7, 11) is 0. The maximum atomic E-state index is 8.91. The average molecular weight is 214 g/mol. The topological polar surface area (TPSA) is 47.6 Å². The van der Waals surface area contributed by atoms with Gasteiger partial charge in [-0.25, -0.2) is 0 Å². The third-order valence-electron chi connectivity index (χ3n) is 5.24. The lowest BCUT2D eigenvalue weighted by molar-refractivity contribution is -0.0414. The predicted molar refractivity (Wildman–Crippen MR) is 59.9 cm³/mol. The van der Waals surface area contributed by atoms with Gasteiger partial charge < -0.3 is 0 Å². The first-order valence-electron chi connectivity index (χ1n) is 6.59. The third-order valence-corrected chi connectivity index (χ3v) is 5.24. The lowest BCUT2D eigenvalue weighted by atomic mass is 9.51. The molecule has 2 nitrogen and oxygen atoms in total. The molecular formula is C14H18N2. The summed E-state index contributed by atoms with van der Waals surface area (Å²) in [6, 6.07) is 4.30. The number of hydrogen-bond donors (Lipinski definition) is 0. The SMILES string of the molecule is N#CC(C#N)CC1C2CC3CC(C2)CC1C3. The fourth-order valence-corrected chi connectivity index (χ4v) is 4.83. The van der Waals surface area contributed by atoms with Gasteiger partial charge in [0.15, 0.2) is 0 Å². The first kappa shape index (κ1) is 10.2. The van der Waals surface area contributed by atoms with E-state index in [0.717, 1.165) is 30.1 Å². The number of hydrogen-bond acceptors (Lipinski definition) is 2. The Bertz CT molecular complexity index is 318. The highest BCUT2D eigenvalue weighted by Crippen LogP contribution is 2.57. The minimum Gasteiger partial charge on any atom is -0.197 e. The first-order valence-corrected chi connectivity index (χ1v) is 6.59. The Balaban J connectivity index is 1.73. The maximum Gasteiger partial charge on any atom is 0.133 e. The van der Waals surface area contributed by atoms with E-state index in [9.17, 15) is 0 Å². The van der Waals surface area contributed by atoms with Crippen molar-refractivity contribution in [1.29, 1.82) is 10.5 Å². The van der Waals surface area contributed by atoms with Gasteiger partial charge in [-0.1, -0.05) is 0 Å². The molecule has 0 radical (unpaired) electrons. The summed E-state index contributed by atoms with van der Waals surface area (Å²) in [5.74, 6) is 4.00. The van der Waals surface area contributed by atoms with Crippen LogP contribution < -0.4 is 0 Å². The van der Waals surface area contributed by atoms with Crippen LogP contribution >= 0.6 is 0 Å². The molecular weight excluding hydrogens is 196 g/mol. The lowest BCUT2D eigenvalue weighted by Gasteiger charge is -2.54. The molecule has 0 N–H and O–H groups in total. The van der Waals surface area contributed by atoms with Gasteiger partial charge in [0.2, 0.25) is 0 Å². The second-order valence-electron chi connectivity index (χ2n) is 6.14. The smallest absolute Gasteiger partial charge is 0.133 e. The first-order chi connectivity index (χ1) is 7.80. The van der Waals surface area contributed by atoms with Gasteiger partial charge in [0, 0.05) is 0 Å². The van der Waals surface area contributed by atoms with Crippen molar-refractivity contribution in [2.24, 2.45) is 35.5 Å². The zero-order chi connectivity index (χ0) is 11.1. The molecule has 84 valence electrons. The van der Waals surface area contributed by atoms with Crippen molar-refractivity contribution in [3.8, 4) is 12.1 Å². The second-order valence-corrected chi connectivity index (χ2v) is 6.14. The number of nitrogens with zero attached hydrogens (tertiary/aromatic N) is 2. The Morgan fingerprint density at radius 2 is 1.38 bits per heavy atom. The monoisotopic (exact) mass is 214 g/mol. The molecule has 0 amide bonds. The Kier molecular flexibility index (Phi) is 2.40. The summed E-state index contributed by atoms with van der Waals surface area (Å²) in [5.41, 5.74) is 0. The fraction of sp³-hybridized carbons (Fsp3) is 0.857. The summed E-state index contributed by atoms with van der Waals surface area (Å²) < 4.78 is 0. The molecule has 16 heavy (non-hydrogen) atoms. The van der Waals surface area contributed by atoms with E-state index < -0.39 is 0 Å². The van der Waals surface area contributed by atoms with Crippen molar-refractivity contribution in [3.63, 3.8) is 0 Å². The van der Waals surface area contributed by atoms with Crippen LogP contribution in [-0.4, -0.2) is 0 Å². The standard InChI is InChI=1S/C14H18N2/c15-7-11(8-16)6-14-12-2-9-1-10(4-12)5-13(14)3-9/h9-14H,1-6H2. The predicted octanol–water partition coefficient (Wildman–Crippen LogP) is 3.11. The second kappa shape index (κ2) is 3.77. The van der Waals surface area contributed by atoms with Crippen LogP contribution in [0.1, 0.15) is 38.5 Å². The van der Waals surface area contributed by atoms with E-state index in [-0.39, 0.29) is 5.92 Å². The molecule has 4 rings (SSSR count). The van der Waals surface area contributed by atoms with Crippen LogP contribution in [0.15, 0.2) is 0 Å². The molecule has 4 aliphatic rings. The van der Waals surface area contributed by atoms with Gasteiger partial charge in [0.25, 0.3) is 0 Å². The molecule has 0 aromatic heterocycles. The van der Waals surface area contributed by atoms with Crippen LogP contribution in [0.3, 0.4) is 0 Å². The summed E-state index contributed by atoms with van der Waals surface area (Å²) in [4.78, 5) is 0. The van der Waals surface area contributed by atoms with E-state index in [4.69, 9.17) is 10.5 Å². The van der Waals surface area contributed by atoms with Gasteiger partial charge >= 0.3 is 0 Å². The van der Waals surface area contributed by atoms with E-state index in [0.29, 0.717) is 5.92 Å². The van der Waals surface area contributed by atoms with Crippen LogP contribution in [-0.2, 0) is 0 Å². The minimum atomic E-state index is -0.359. The Morgan fingerprint density at radius 3 is 1.81 bits per heavy atom. The van der Waals surface area contributed by atoms with Crippen molar-refractivity contribution < 1.29 is 0 Å². The maximum absolute atomic E-state index is 8.91. The summed E-state index contributed by atoms with van der Waals surface area (Å²) in [6.45, 7) is 0. The molecule has 4 aliphatic carbocycles. The van der Waals surface area contributed by atoms with Gasteiger partial charge in [-0.05, 0) is 68.1 Å². The zero-order valence-corrected chi connectivity index (χ0v) is 9.60. The quantitative estimate of drug-likeness (QED) is 0.709. The van der Waals surface area contributed by atoms with Crippen LogP contribution in [0.4, 0.5) is 0 Å². The molecule has 0 aliphatic heterocycles. The molecule has 0 aromatic carbocycles. The van der Waals surface area contributed by atoms with Gasteiger partial charge in [-0.15, -0.1) is 0 Å².